The van der Waals surface area contributed by atoms with Crippen LogP contribution in [-0.4, -0.2) is 215 Å². The fraction of sp³-hybridized carbons (Fsp3) is 0.929. The molecule has 0 spiro atoms. The Kier molecular flexibility index (Phi) is 46.2. The number of aliphatic hydroxyl groups excluding tert-OH is 11. The van der Waals surface area contributed by atoms with Crippen molar-refractivity contribution in [2.75, 3.05) is 26.4 Å². The summed E-state index contributed by atoms with van der Waals surface area (Å²) in [5.41, 5.74) is 0. The smallest absolute Gasteiger partial charge is 0.364 e. The summed E-state index contributed by atoms with van der Waals surface area (Å²) in [6.07, 6.45) is 20.8. The van der Waals surface area contributed by atoms with Gasteiger partial charge in [-0.15, -0.1) is 0 Å². The number of carbonyl (C=O) groups is 3. The molecule has 3 aliphatic heterocycles. The van der Waals surface area contributed by atoms with Crippen LogP contribution in [0.1, 0.15) is 278 Å². The molecule has 0 aromatic rings. The second-order valence-corrected chi connectivity index (χ2v) is 26.8. The number of carboxylic acids is 1. The van der Waals surface area contributed by atoms with Crippen molar-refractivity contribution in [3.63, 3.8) is 0 Å². The Morgan fingerprint density at radius 1 is 0.548 bits per heavy atom. The second-order valence-electron chi connectivity index (χ2n) is 26.8. The van der Waals surface area contributed by atoms with Gasteiger partial charge in [-0.25, -0.2) is 4.79 Å². The Morgan fingerprint density at radius 2 is 1.00 bits per heavy atom. The average molecular weight is 1340 g/mol. The number of rotatable bonds is 56. The van der Waals surface area contributed by atoms with Gasteiger partial charge in [0.05, 0.1) is 50.7 Å². The van der Waals surface area contributed by atoms with Crippen molar-refractivity contribution in [3.8, 4) is 0 Å². The molecule has 0 aromatic heterocycles. The number of hydrogen-bond donors (Lipinski definition) is 14. The first kappa shape index (κ1) is 84.7. The first-order chi connectivity index (χ1) is 44.9. The molecule has 3 rings (SSSR count). The lowest BCUT2D eigenvalue weighted by atomic mass is 9.88. The Bertz CT molecular complexity index is 1930. The van der Waals surface area contributed by atoms with E-state index < -0.39 is 148 Å². The van der Waals surface area contributed by atoms with Crippen molar-refractivity contribution in [2.24, 2.45) is 0 Å². The minimum absolute atomic E-state index is 0.224. The van der Waals surface area contributed by atoms with Crippen LogP contribution in [0.15, 0.2) is 12.2 Å². The van der Waals surface area contributed by atoms with E-state index in [4.69, 9.17) is 28.4 Å². The summed E-state index contributed by atoms with van der Waals surface area (Å²) in [5, 5.41) is 136. The third-order valence-corrected chi connectivity index (χ3v) is 18.7. The number of hydrogen-bond acceptors (Lipinski definition) is 20. The van der Waals surface area contributed by atoms with Gasteiger partial charge in [-0.1, -0.05) is 231 Å². The first-order valence-electron chi connectivity index (χ1n) is 36.5. The van der Waals surface area contributed by atoms with E-state index in [9.17, 15) is 75.7 Å². The number of nitrogens with one attached hydrogen (secondary N) is 2. The molecule has 0 aliphatic carbocycles. The Morgan fingerprint density at radius 3 is 1.45 bits per heavy atom. The maximum absolute atomic E-state index is 13.5. The van der Waals surface area contributed by atoms with Crippen LogP contribution in [-0.2, 0) is 42.8 Å². The van der Waals surface area contributed by atoms with Crippen molar-refractivity contribution in [1.82, 2.24) is 10.6 Å². The molecule has 18 unspecified atom stereocenters. The fourth-order valence-electron chi connectivity index (χ4n) is 12.9. The molecule has 23 heteroatoms. The van der Waals surface area contributed by atoms with Gasteiger partial charge in [0.25, 0.3) is 5.79 Å². The number of carboxylic acid groups (broad SMARTS) is 1. The summed E-state index contributed by atoms with van der Waals surface area (Å²) in [6, 6.07) is -2.53. The molecule has 0 radical (unpaired) electrons. The van der Waals surface area contributed by atoms with Gasteiger partial charge in [0.1, 0.15) is 67.1 Å². The molecular weight excluding hydrogens is 1200 g/mol. The lowest BCUT2D eigenvalue weighted by molar-refractivity contribution is -0.386. The number of aliphatic hydroxyl groups is 11. The number of carbonyl (C=O) groups excluding carboxylic acids is 2. The molecule has 23 nitrogen and oxygen atoms in total. The van der Waals surface area contributed by atoms with Crippen molar-refractivity contribution in [1.29, 1.82) is 0 Å². The van der Waals surface area contributed by atoms with E-state index in [1.54, 1.807) is 0 Å². The van der Waals surface area contributed by atoms with E-state index >= 15 is 0 Å². The summed E-state index contributed by atoms with van der Waals surface area (Å²) in [4.78, 5) is 38.6. The summed E-state index contributed by atoms with van der Waals surface area (Å²) < 4.78 is 34.9. The first-order valence-corrected chi connectivity index (χ1v) is 36.5. The Balaban J connectivity index is 1.53. The molecule has 0 saturated carbocycles. The number of amides is 2. The van der Waals surface area contributed by atoms with Gasteiger partial charge < -0.3 is 100 Å². The number of ether oxygens (including phenoxy) is 6. The minimum Gasteiger partial charge on any atom is -0.477 e. The number of allylic oxidation sites excluding steroid dienone is 2. The highest BCUT2D eigenvalue weighted by atomic mass is 16.8. The molecule has 3 saturated heterocycles. The molecule has 14 N–H and O–H groups in total. The predicted octanol–water partition coefficient (Wildman–Crippen LogP) is 7.46. The zero-order valence-electron chi connectivity index (χ0n) is 57.1. The summed E-state index contributed by atoms with van der Waals surface area (Å²) in [7, 11) is 0. The lowest BCUT2D eigenvalue weighted by Gasteiger charge is -2.50. The van der Waals surface area contributed by atoms with Gasteiger partial charge in [0.15, 0.2) is 12.6 Å². The molecule has 0 bridgehead atoms. The van der Waals surface area contributed by atoms with E-state index in [1.807, 2.05) is 0 Å². The molecular formula is C70H130N2O21. The Labute approximate surface area is 556 Å². The van der Waals surface area contributed by atoms with Gasteiger partial charge in [-0.05, 0) is 38.5 Å². The Hall–Kier alpha value is -2.53. The van der Waals surface area contributed by atoms with Crippen LogP contribution in [0.2, 0.25) is 0 Å². The van der Waals surface area contributed by atoms with Crippen molar-refractivity contribution < 1.29 is 104 Å². The molecule has 546 valence electrons. The zero-order valence-corrected chi connectivity index (χ0v) is 57.1. The second kappa shape index (κ2) is 50.7. The SMILES string of the molecule is CCCCCCCCCCCCCC/C=C\CCCCCCCCCCCCC(=O)NC(COC1OC(CO)C(OC2OC(CO)C(O)C(OC3(C(=O)O)CC(O)C(NC(C)=O)C(C(O)C(O)CO)O3)C2O)C(O)C1O)C(O)CCCCCCCCCCCCCCC. The predicted molar refractivity (Wildman–Crippen MR) is 352 cm³/mol. The van der Waals surface area contributed by atoms with Crippen LogP contribution in [0.5, 0.6) is 0 Å². The molecule has 3 heterocycles. The number of aliphatic carboxylic acids is 1. The minimum atomic E-state index is -3.08. The molecule has 3 aliphatic rings. The van der Waals surface area contributed by atoms with Gasteiger partial charge in [0.2, 0.25) is 11.8 Å². The summed E-state index contributed by atoms with van der Waals surface area (Å²) >= 11 is 0. The van der Waals surface area contributed by atoms with Gasteiger partial charge >= 0.3 is 5.97 Å². The van der Waals surface area contributed by atoms with Crippen molar-refractivity contribution in [2.45, 2.75) is 387 Å². The third-order valence-electron chi connectivity index (χ3n) is 18.7. The van der Waals surface area contributed by atoms with Gasteiger partial charge in [-0.2, -0.15) is 0 Å². The van der Waals surface area contributed by atoms with Crippen LogP contribution in [0, 0.1) is 0 Å². The third kappa shape index (κ3) is 32.8. The highest BCUT2D eigenvalue weighted by Crippen LogP contribution is 2.39. The van der Waals surface area contributed by atoms with Crippen LogP contribution in [0.3, 0.4) is 0 Å². The maximum atomic E-state index is 13.5. The highest BCUT2D eigenvalue weighted by molar-refractivity contribution is 5.77. The standard InChI is InChI=1S/C70H130N2O21/c1-4-6-8-10-12-14-16-18-19-20-21-22-23-24-25-26-27-28-29-30-32-34-36-38-40-42-44-57(80)72-51(52(77)43-41-39-37-35-33-31-17-15-13-11-9-7-5-2)49-88-67-62(84)61(83)64(56(48-75)90-67)91-68-63(85)66(60(82)55(47-74)89-68)93-70(69(86)87)45-53(78)58(71-50(3)76)65(92-70)59(81)54(79)46-73/h24-25,51-56,58-68,73-75,77-79,81-85H,4-23,26-49H2,1-3H3,(H,71,76)(H,72,80)(H,86,87)/b25-24-. The maximum Gasteiger partial charge on any atom is 0.364 e. The largest absolute Gasteiger partial charge is 0.477 e. The van der Waals surface area contributed by atoms with E-state index in [2.05, 4.69) is 36.6 Å². The molecule has 93 heavy (non-hydrogen) atoms. The van der Waals surface area contributed by atoms with Crippen LogP contribution < -0.4 is 10.6 Å². The number of unbranched alkanes of at least 4 members (excludes halogenated alkanes) is 34. The van der Waals surface area contributed by atoms with E-state index in [-0.39, 0.29) is 18.9 Å². The zero-order chi connectivity index (χ0) is 68.2. The molecule has 3 fully saturated rings. The van der Waals surface area contributed by atoms with E-state index in [0.717, 1.165) is 64.7 Å². The molecule has 18 atom stereocenters. The van der Waals surface area contributed by atoms with Crippen LogP contribution >= 0.6 is 0 Å². The van der Waals surface area contributed by atoms with Crippen LogP contribution in [0.25, 0.3) is 0 Å². The quantitative estimate of drug-likeness (QED) is 0.0207. The fourth-order valence-corrected chi connectivity index (χ4v) is 12.9. The van der Waals surface area contributed by atoms with Crippen molar-refractivity contribution >= 4 is 17.8 Å². The monoisotopic (exact) mass is 1330 g/mol. The topological polar surface area (TPSA) is 373 Å². The van der Waals surface area contributed by atoms with Crippen molar-refractivity contribution in [3.05, 3.63) is 12.2 Å². The van der Waals surface area contributed by atoms with Gasteiger partial charge in [-0.3, -0.25) is 9.59 Å². The highest BCUT2D eigenvalue weighted by Gasteiger charge is 2.60. The summed E-state index contributed by atoms with van der Waals surface area (Å²) in [6.45, 7) is 2.21. The molecule has 2 amide bonds. The molecule has 0 aromatic carbocycles. The summed E-state index contributed by atoms with van der Waals surface area (Å²) in [5.74, 6) is -6.10. The van der Waals surface area contributed by atoms with Crippen LogP contribution in [0.4, 0.5) is 0 Å². The van der Waals surface area contributed by atoms with Gasteiger partial charge in [0, 0.05) is 19.8 Å². The normalized spacial score (nSPS) is 28.1. The van der Waals surface area contributed by atoms with E-state index in [0.29, 0.717) is 19.3 Å². The lowest BCUT2D eigenvalue weighted by Crippen LogP contribution is -2.70. The average Bonchev–Trinajstić information content (AvgIpc) is 0.770. The van der Waals surface area contributed by atoms with E-state index in [1.165, 1.54) is 167 Å².